The zero-order chi connectivity index (χ0) is 14.3. The number of nitrogens with one attached hydrogen (secondary N) is 2. The summed E-state index contributed by atoms with van der Waals surface area (Å²) in [4.78, 5) is 0. The molecule has 0 fully saturated rings. The maximum absolute atomic E-state index is 5.25. The molecule has 1 aromatic rings. The van der Waals surface area contributed by atoms with Gasteiger partial charge >= 0.3 is 0 Å². The van der Waals surface area contributed by atoms with Crippen molar-refractivity contribution < 1.29 is 4.74 Å². The summed E-state index contributed by atoms with van der Waals surface area (Å²) in [7, 11) is 1.69. The summed E-state index contributed by atoms with van der Waals surface area (Å²) in [6.07, 6.45) is 0. The van der Waals surface area contributed by atoms with E-state index in [1.165, 1.54) is 5.56 Å². The van der Waals surface area contributed by atoms with Crippen LogP contribution in [-0.4, -0.2) is 26.2 Å². The highest BCUT2D eigenvalue weighted by Gasteiger charge is 2.05. The molecule has 0 aliphatic carbocycles. The van der Waals surface area contributed by atoms with E-state index in [0.29, 0.717) is 12.0 Å². The number of ether oxygens (including phenoxy) is 1. The molecule has 1 rings (SSSR count). The summed E-state index contributed by atoms with van der Waals surface area (Å²) in [6, 6.07) is 6.49. The zero-order valence-corrected chi connectivity index (χ0v) is 13.9. The summed E-state index contributed by atoms with van der Waals surface area (Å²) < 4.78 is 6.36. The van der Waals surface area contributed by atoms with Gasteiger partial charge in [-0.25, -0.2) is 0 Å². The number of benzene rings is 1. The fourth-order valence-corrected chi connectivity index (χ4v) is 2.15. The second kappa shape index (κ2) is 8.56. The summed E-state index contributed by atoms with van der Waals surface area (Å²) in [6.45, 7) is 9.52. The number of halogens is 1. The van der Waals surface area contributed by atoms with E-state index in [1.807, 2.05) is 12.1 Å². The van der Waals surface area contributed by atoms with Crippen LogP contribution < -0.4 is 15.4 Å². The summed E-state index contributed by atoms with van der Waals surface area (Å²) in [5.41, 5.74) is 1.22. The van der Waals surface area contributed by atoms with Crippen molar-refractivity contribution in [2.24, 2.45) is 5.92 Å². The van der Waals surface area contributed by atoms with Crippen molar-refractivity contribution in [2.45, 2.75) is 33.4 Å². The molecule has 1 aromatic carbocycles. The van der Waals surface area contributed by atoms with E-state index in [2.05, 4.69) is 53.4 Å². The highest BCUT2D eigenvalue weighted by atomic mass is 79.9. The van der Waals surface area contributed by atoms with Crippen LogP contribution in [0.4, 0.5) is 0 Å². The fourth-order valence-electron chi connectivity index (χ4n) is 1.76. The third kappa shape index (κ3) is 6.41. The smallest absolute Gasteiger partial charge is 0.119 e. The molecule has 3 nitrogen and oxygen atoms in total. The standard InChI is InChI=1S/C15H25BrN2O/c1-11(2)8-17-9-12(3)18-10-13-7-14(19-4)5-6-15(13)16/h5-7,11-12,17-18H,8-10H2,1-4H3. The van der Waals surface area contributed by atoms with E-state index in [4.69, 9.17) is 4.74 Å². The van der Waals surface area contributed by atoms with Crippen LogP contribution in [0.1, 0.15) is 26.3 Å². The minimum Gasteiger partial charge on any atom is -0.497 e. The topological polar surface area (TPSA) is 33.3 Å². The number of hydrogen-bond donors (Lipinski definition) is 2. The molecule has 1 unspecified atom stereocenters. The van der Waals surface area contributed by atoms with Crippen molar-refractivity contribution >= 4 is 15.9 Å². The Bertz CT molecular complexity index is 382. The molecule has 0 bridgehead atoms. The number of hydrogen-bond acceptors (Lipinski definition) is 3. The van der Waals surface area contributed by atoms with Crippen molar-refractivity contribution in [3.8, 4) is 5.75 Å². The van der Waals surface area contributed by atoms with Crippen LogP contribution in [0.25, 0.3) is 0 Å². The summed E-state index contributed by atoms with van der Waals surface area (Å²) >= 11 is 3.57. The first-order chi connectivity index (χ1) is 9.02. The van der Waals surface area contributed by atoms with Gasteiger partial charge in [-0.2, -0.15) is 0 Å². The Morgan fingerprint density at radius 3 is 2.58 bits per heavy atom. The highest BCUT2D eigenvalue weighted by molar-refractivity contribution is 9.10. The molecule has 0 spiro atoms. The summed E-state index contributed by atoms with van der Waals surface area (Å²) in [5, 5.41) is 6.98. The van der Waals surface area contributed by atoms with Gasteiger partial charge in [0.2, 0.25) is 0 Å². The maximum atomic E-state index is 5.25. The van der Waals surface area contributed by atoms with E-state index >= 15 is 0 Å². The van der Waals surface area contributed by atoms with Gasteiger partial charge in [0, 0.05) is 23.6 Å². The lowest BCUT2D eigenvalue weighted by molar-refractivity contribution is 0.413. The third-order valence-corrected chi connectivity index (χ3v) is 3.67. The van der Waals surface area contributed by atoms with E-state index < -0.39 is 0 Å². The first-order valence-corrected chi connectivity index (χ1v) is 7.58. The average Bonchev–Trinajstić information content (AvgIpc) is 2.37. The average molecular weight is 329 g/mol. The Morgan fingerprint density at radius 1 is 1.21 bits per heavy atom. The second-order valence-corrected chi connectivity index (χ2v) is 6.15. The van der Waals surface area contributed by atoms with Gasteiger partial charge in [0.25, 0.3) is 0 Å². The zero-order valence-electron chi connectivity index (χ0n) is 12.3. The SMILES string of the molecule is COc1ccc(Br)c(CNC(C)CNCC(C)C)c1. The van der Waals surface area contributed by atoms with E-state index in [0.717, 1.165) is 29.9 Å². The Hall–Kier alpha value is -0.580. The minimum atomic E-state index is 0.442. The normalized spacial score (nSPS) is 12.7. The number of rotatable bonds is 8. The first kappa shape index (κ1) is 16.5. The molecule has 1 atom stereocenters. The van der Waals surface area contributed by atoms with Crippen molar-refractivity contribution in [3.63, 3.8) is 0 Å². The van der Waals surface area contributed by atoms with Crippen LogP contribution in [-0.2, 0) is 6.54 Å². The van der Waals surface area contributed by atoms with Gasteiger partial charge in [0.15, 0.2) is 0 Å². The van der Waals surface area contributed by atoms with Gasteiger partial charge < -0.3 is 15.4 Å². The van der Waals surface area contributed by atoms with Gasteiger partial charge in [-0.15, -0.1) is 0 Å². The lowest BCUT2D eigenvalue weighted by Crippen LogP contribution is -2.37. The van der Waals surface area contributed by atoms with Gasteiger partial charge in [-0.1, -0.05) is 29.8 Å². The molecule has 108 valence electrons. The van der Waals surface area contributed by atoms with Gasteiger partial charge in [0.05, 0.1) is 7.11 Å². The second-order valence-electron chi connectivity index (χ2n) is 5.29. The Kier molecular flexibility index (Phi) is 7.42. The molecule has 2 N–H and O–H groups in total. The molecule has 0 amide bonds. The van der Waals surface area contributed by atoms with Crippen molar-refractivity contribution in [2.75, 3.05) is 20.2 Å². The monoisotopic (exact) mass is 328 g/mol. The van der Waals surface area contributed by atoms with Crippen molar-refractivity contribution in [1.29, 1.82) is 0 Å². The first-order valence-electron chi connectivity index (χ1n) is 6.79. The predicted molar refractivity (Wildman–Crippen MR) is 84.7 cm³/mol. The Morgan fingerprint density at radius 2 is 1.95 bits per heavy atom. The molecule has 19 heavy (non-hydrogen) atoms. The Labute approximate surface area is 125 Å². The van der Waals surface area contributed by atoms with Gasteiger partial charge in [-0.3, -0.25) is 0 Å². The molecule has 0 saturated carbocycles. The molecule has 0 aromatic heterocycles. The molecule has 0 heterocycles. The maximum Gasteiger partial charge on any atom is 0.119 e. The molecule has 0 aliphatic rings. The molecule has 4 heteroatoms. The molecule has 0 saturated heterocycles. The van der Waals surface area contributed by atoms with E-state index in [1.54, 1.807) is 7.11 Å². The number of methoxy groups -OCH3 is 1. The van der Waals surface area contributed by atoms with Gasteiger partial charge in [-0.05, 0) is 43.1 Å². The van der Waals surface area contributed by atoms with E-state index in [-0.39, 0.29) is 0 Å². The quantitative estimate of drug-likeness (QED) is 0.768. The molecule has 0 aliphatic heterocycles. The Balaban J connectivity index is 2.39. The largest absolute Gasteiger partial charge is 0.497 e. The summed E-state index contributed by atoms with van der Waals surface area (Å²) in [5.74, 6) is 1.59. The fraction of sp³-hybridized carbons (Fsp3) is 0.600. The van der Waals surface area contributed by atoms with Crippen LogP contribution in [0, 0.1) is 5.92 Å². The molecular weight excluding hydrogens is 304 g/mol. The van der Waals surface area contributed by atoms with Crippen LogP contribution in [0.15, 0.2) is 22.7 Å². The van der Waals surface area contributed by atoms with Crippen LogP contribution in [0.2, 0.25) is 0 Å². The van der Waals surface area contributed by atoms with Crippen LogP contribution in [0.5, 0.6) is 5.75 Å². The van der Waals surface area contributed by atoms with Crippen LogP contribution in [0.3, 0.4) is 0 Å². The lowest BCUT2D eigenvalue weighted by Gasteiger charge is -2.16. The van der Waals surface area contributed by atoms with Crippen molar-refractivity contribution in [3.05, 3.63) is 28.2 Å². The lowest BCUT2D eigenvalue weighted by atomic mass is 10.2. The van der Waals surface area contributed by atoms with Crippen molar-refractivity contribution in [1.82, 2.24) is 10.6 Å². The molecule has 0 radical (unpaired) electrons. The minimum absolute atomic E-state index is 0.442. The highest BCUT2D eigenvalue weighted by Crippen LogP contribution is 2.22. The molecular formula is C15H25BrN2O. The van der Waals surface area contributed by atoms with Crippen LogP contribution >= 0.6 is 15.9 Å². The van der Waals surface area contributed by atoms with Gasteiger partial charge in [0.1, 0.15) is 5.75 Å². The predicted octanol–water partition coefficient (Wildman–Crippen LogP) is 3.18. The van der Waals surface area contributed by atoms with E-state index in [9.17, 15) is 0 Å². The third-order valence-electron chi connectivity index (χ3n) is 2.90.